The first kappa shape index (κ1) is 13.5. The maximum Gasteiger partial charge on any atom is 0.329 e. The lowest BCUT2D eigenvalue weighted by Crippen LogP contribution is -2.57. The van der Waals surface area contributed by atoms with Crippen LogP contribution in [0.15, 0.2) is 0 Å². The number of carboxylic acid groups (broad SMARTS) is 1. The molecule has 1 aromatic rings. The van der Waals surface area contributed by atoms with Crippen molar-refractivity contribution >= 4 is 11.9 Å². The van der Waals surface area contributed by atoms with Crippen LogP contribution in [-0.4, -0.2) is 37.7 Å². The number of nitrogens with zero attached hydrogens (tertiary/aromatic N) is 2. The summed E-state index contributed by atoms with van der Waals surface area (Å²) in [4.78, 5) is 27.5. The molecule has 0 bridgehead atoms. The molecular weight excluding hydrogens is 248 g/mol. The van der Waals surface area contributed by atoms with E-state index in [1.165, 1.54) is 0 Å². The molecule has 1 heterocycles. The zero-order chi connectivity index (χ0) is 14.0. The van der Waals surface area contributed by atoms with Crippen molar-refractivity contribution in [2.75, 3.05) is 0 Å². The van der Waals surface area contributed by atoms with E-state index < -0.39 is 17.4 Å². The van der Waals surface area contributed by atoms with E-state index in [1.807, 2.05) is 6.92 Å². The van der Waals surface area contributed by atoms with Crippen molar-refractivity contribution in [3.8, 4) is 0 Å². The van der Waals surface area contributed by atoms with Gasteiger partial charge in [0.05, 0.1) is 0 Å². The van der Waals surface area contributed by atoms with E-state index >= 15 is 0 Å². The Labute approximate surface area is 110 Å². The molecule has 1 aliphatic carbocycles. The highest BCUT2D eigenvalue weighted by atomic mass is 16.4. The number of aromatic amines is 1. The quantitative estimate of drug-likeness (QED) is 0.752. The summed E-state index contributed by atoms with van der Waals surface area (Å²) in [7, 11) is 0. The minimum Gasteiger partial charge on any atom is -0.480 e. The van der Waals surface area contributed by atoms with Crippen molar-refractivity contribution in [2.45, 2.75) is 45.1 Å². The summed E-state index contributed by atoms with van der Waals surface area (Å²) in [5, 5.41) is 18.4. The van der Waals surface area contributed by atoms with Crippen LogP contribution in [0, 0.1) is 12.8 Å². The molecule has 1 aromatic heterocycles. The average Bonchev–Trinajstić information content (AvgIpc) is 2.75. The van der Waals surface area contributed by atoms with Gasteiger partial charge < -0.3 is 10.4 Å². The van der Waals surface area contributed by atoms with Crippen LogP contribution in [-0.2, 0) is 4.79 Å². The number of carboxylic acids is 1. The predicted molar refractivity (Wildman–Crippen MR) is 66.6 cm³/mol. The molecule has 0 saturated heterocycles. The SMILES string of the molecule is Cc1nc(C(=O)NC2(C(=O)O)CCCC(C)C2)n[nH]1. The molecule has 19 heavy (non-hydrogen) atoms. The number of carbonyl (C=O) groups excluding carboxylic acids is 1. The van der Waals surface area contributed by atoms with Crippen molar-refractivity contribution in [1.82, 2.24) is 20.5 Å². The topological polar surface area (TPSA) is 108 Å². The third-order valence-corrected chi connectivity index (χ3v) is 3.56. The lowest BCUT2D eigenvalue weighted by Gasteiger charge is -2.36. The first-order chi connectivity index (χ1) is 8.93. The molecule has 2 atom stereocenters. The van der Waals surface area contributed by atoms with E-state index in [1.54, 1.807) is 6.92 Å². The first-order valence-electron chi connectivity index (χ1n) is 6.38. The number of H-pyrrole nitrogens is 1. The Hall–Kier alpha value is -1.92. The highest BCUT2D eigenvalue weighted by Gasteiger charge is 2.43. The molecule has 0 spiro atoms. The standard InChI is InChI=1S/C12H18N4O3/c1-7-4-3-5-12(6-7,11(18)19)14-10(17)9-13-8(2)15-16-9/h7H,3-6H2,1-2H3,(H,14,17)(H,18,19)(H,13,15,16). The van der Waals surface area contributed by atoms with Crippen LogP contribution < -0.4 is 5.32 Å². The number of aromatic nitrogens is 3. The lowest BCUT2D eigenvalue weighted by molar-refractivity contribution is -0.146. The van der Waals surface area contributed by atoms with Gasteiger partial charge in [-0.1, -0.05) is 19.8 Å². The number of nitrogens with one attached hydrogen (secondary N) is 2. The predicted octanol–water partition coefficient (Wildman–Crippen LogP) is 0.876. The number of hydrogen-bond acceptors (Lipinski definition) is 4. The third-order valence-electron chi connectivity index (χ3n) is 3.56. The molecular formula is C12H18N4O3. The van der Waals surface area contributed by atoms with Crippen molar-refractivity contribution in [2.24, 2.45) is 5.92 Å². The molecule has 7 heteroatoms. The second-order valence-electron chi connectivity index (χ2n) is 5.29. The fraction of sp³-hybridized carbons (Fsp3) is 0.667. The molecule has 0 radical (unpaired) electrons. The van der Waals surface area contributed by atoms with Gasteiger partial charge in [0.1, 0.15) is 11.4 Å². The highest BCUT2D eigenvalue weighted by molar-refractivity contribution is 5.95. The van der Waals surface area contributed by atoms with Gasteiger partial charge in [-0.25, -0.2) is 9.78 Å². The first-order valence-corrected chi connectivity index (χ1v) is 6.38. The number of aryl methyl sites for hydroxylation is 1. The van der Waals surface area contributed by atoms with Crippen molar-refractivity contribution < 1.29 is 14.7 Å². The van der Waals surface area contributed by atoms with Gasteiger partial charge in [-0.3, -0.25) is 9.89 Å². The van der Waals surface area contributed by atoms with Crippen LogP contribution in [0.2, 0.25) is 0 Å². The fourth-order valence-corrected chi connectivity index (χ4v) is 2.63. The molecule has 1 aliphatic rings. The summed E-state index contributed by atoms with van der Waals surface area (Å²) in [6.45, 7) is 3.68. The molecule has 7 nitrogen and oxygen atoms in total. The summed E-state index contributed by atoms with van der Waals surface area (Å²) >= 11 is 0. The Balaban J connectivity index is 2.17. The Morgan fingerprint density at radius 2 is 2.26 bits per heavy atom. The second-order valence-corrected chi connectivity index (χ2v) is 5.29. The molecule has 3 N–H and O–H groups in total. The van der Waals surface area contributed by atoms with Crippen molar-refractivity contribution in [1.29, 1.82) is 0 Å². The minimum atomic E-state index is -1.19. The van der Waals surface area contributed by atoms with E-state index in [-0.39, 0.29) is 11.7 Å². The van der Waals surface area contributed by atoms with Gasteiger partial charge in [-0.2, -0.15) is 0 Å². The van der Waals surface area contributed by atoms with Gasteiger partial charge in [0.25, 0.3) is 5.91 Å². The zero-order valence-electron chi connectivity index (χ0n) is 11.1. The fourth-order valence-electron chi connectivity index (χ4n) is 2.63. The number of rotatable bonds is 3. The third kappa shape index (κ3) is 2.74. The van der Waals surface area contributed by atoms with Crippen LogP contribution in [0.3, 0.4) is 0 Å². The van der Waals surface area contributed by atoms with E-state index in [0.717, 1.165) is 12.8 Å². The summed E-state index contributed by atoms with van der Waals surface area (Å²) < 4.78 is 0. The number of amides is 1. The maximum atomic E-state index is 12.0. The van der Waals surface area contributed by atoms with Crippen LogP contribution >= 0.6 is 0 Å². The maximum absolute atomic E-state index is 12.0. The smallest absolute Gasteiger partial charge is 0.329 e. The second kappa shape index (κ2) is 4.99. The molecule has 0 aromatic carbocycles. The van der Waals surface area contributed by atoms with E-state index in [4.69, 9.17) is 0 Å². The van der Waals surface area contributed by atoms with Gasteiger partial charge in [0, 0.05) is 0 Å². The molecule has 1 amide bonds. The minimum absolute atomic E-state index is 0.0173. The lowest BCUT2D eigenvalue weighted by atomic mass is 9.76. The Morgan fingerprint density at radius 3 is 2.79 bits per heavy atom. The normalized spacial score (nSPS) is 26.9. The Kier molecular flexibility index (Phi) is 3.55. The van der Waals surface area contributed by atoms with E-state index in [9.17, 15) is 14.7 Å². The molecule has 104 valence electrons. The summed E-state index contributed by atoms with van der Waals surface area (Å²) in [6, 6.07) is 0. The monoisotopic (exact) mass is 266 g/mol. The van der Waals surface area contributed by atoms with Gasteiger partial charge in [-0.15, -0.1) is 5.10 Å². The Bertz CT molecular complexity index is 499. The van der Waals surface area contributed by atoms with Crippen molar-refractivity contribution in [3.05, 3.63) is 11.6 Å². The van der Waals surface area contributed by atoms with E-state index in [2.05, 4.69) is 20.5 Å². The van der Waals surface area contributed by atoms with Gasteiger partial charge >= 0.3 is 5.97 Å². The zero-order valence-corrected chi connectivity index (χ0v) is 11.1. The number of carbonyl (C=O) groups is 2. The van der Waals surface area contributed by atoms with Gasteiger partial charge in [-0.05, 0) is 25.7 Å². The average molecular weight is 266 g/mol. The number of aliphatic carboxylic acids is 1. The van der Waals surface area contributed by atoms with Crippen LogP contribution in [0.4, 0.5) is 0 Å². The van der Waals surface area contributed by atoms with Crippen LogP contribution in [0.5, 0.6) is 0 Å². The van der Waals surface area contributed by atoms with Gasteiger partial charge in [0.2, 0.25) is 5.82 Å². The molecule has 2 unspecified atom stereocenters. The molecule has 2 rings (SSSR count). The summed E-state index contributed by atoms with van der Waals surface area (Å²) in [5.41, 5.74) is -1.19. The molecule has 1 fully saturated rings. The summed E-state index contributed by atoms with van der Waals surface area (Å²) in [6.07, 6.45) is 2.67. The Morgan fingerprint density at radius 1 is 1.53 bits per heavy atom. The highest BCUT2D eigenvalue weighted by Crippen LogP contribution is 2.32. The molecule has 0 aliphatic heterocycles. The van der Waals surface area contributed by atoms with Gasteiger partial charge in [0.15, 0.2) is 0 Å². The summed E-state index contributed by atoms with van der Waals surface area (Å²) in [5.74, 6) is -0.748. The van der Waals surface area contributed by atoms with Crippen molar-refractivity contribution in [3.63, 3.8) is 0 Å². The van der Waals surface area contributed by atoms with Crippen LogP contribution in [0.1, 0.15) is 49.1 Å². The molecule has 1 saturated carbocycles. The largest absolute Gasteiger partial charge is 0.480 e. The van der Waals surface area contributed by atoms with E-state index in [0.29, 0.717) is 18.7 Å². The van der Waals surface area contributed by atoms with Crippen LogP contribution in [0.25, 0.3) is 0 Å². The number of hydrogen-bond donors (Lipinski definition) is 3.